The molecule has 6 nitrogen and oxygen atoms in total. The topological polar surface area (TPSA) is 58.9 Å². The molecule has 0 radical (unpaired) electrons. The summed E-state index contributed by atoms with van der Waals surface area (Å²) in [5, 5.41) is 8.42. The molecule has 1 fully saturated rings. The van der Waals surface area contributed by atoms with Gasteiger partial charge in [0.05, 0.1) is 18.1 Å². The number of fused-ring (bicyclic) bond motifs is 1. The van der Waals surface area contributed by atoms with Gasteiger partial charge in [-0.2, -0.15) is 5.10 Å². The molecule has 1 aliphatic rings. The van der Waals surface area contributed by atoms with Crippen LogP contribution in [0.4, 0.5) is 5.82 Å². The van der Waals surface area contributed by atoms with Crippen LogP contribution in [0.15, 0.2) is 6.20 Å². The Kier molecular flexibility index (Phi) is 4.05. The molecule has 0 atom stereocenters. The monoisotopic (exact) mass is 288 g/mol. The Morgan fingerprint density at radius 3 is 2.76 bits per heavy atom. The average Bonchev–Trinajstić information content (AvgIpc) is 3.15. The van der Waals surface area contributed by atoms with Crippen LogP contribution in [-0.2, 0) is 13.6 Å². The fourth-order valence-electron chi connectivity index (χ4n) is 3.28. The molecule has 0 spiro atoms. The number of aromatic nitrogens is 4. The van der Waals surface area contributed by atoms with Gasteiger partial charge in [-0.1, -0.05) is 19.8 Å². The molecule has 2 heterocycles. The molecule has 114 valence electrons. The molecule has 0 saturated heterocycles. The van der Waals surface area contributed by atoms with Crippen molar-refractivity contribution in [2.24, 2.45) is 7.05 Å². The van der Waals surface area contributed by atoms with Crippen LogP contribution >= 0.6 is 0 Å². The maximum absolute atomic E-state index is 4.71. The summed E-state index contributed by atoms with van der Waals surface area (Å²) in [4.78, 5) is 11.9. The van der Waals surface area contributed by atoms with Gasteiger partial charge >= 0.3 is 0 Å². The van der Waals surface area contributed by atoms with Crippen LogP contribution in [0.3, 0.4) is 0 Å². The second-order valence-electron chi connectivity index (χ2n) is 5.75. The Bertz CT molecular complexity index is 614. The molecule has 0 amide bonds. The van der Waals surface area contributed by atoms with Gasteiger partial charge in [0.25, 0.3) is 0 Å². The Balaban J connectivity index is 1.90. The number of hydrogen-bond acceptors (Lipinski definition) is 5. The zero-order valence-corrected chi connectivity index (χ0v) is 13.1. The third-order valence-electron chi connectivity index (χ3n) is 4.47. The van der Waals surface area contributed by atoms with Crippen LogP contribution in [0.25, 0.3) is 11.0 Å². The van der Waals surface area contributed by atoms with E-state index in [-0.39, 0.29) is 0 Å². The number of nitrogens with one attached hydrogen (secondary N) is 1. The number of nitrogens with zero attached hydrogens (tertiary/aromatic N) is 5. The largest absolute Gasteiger partial charge is 0.372 e. The Hall–Kier alpha value is -1.69. The van der Waals surface area contributed by atoms with Gasteiger partial charge in [-0.05, 0) is 19.4 Å². The zero-order valence-electron chi connectivity index (χ0n) is 13.1. The van der Waals surface area contributed by atoms with Gasteiger partial charge in [0.15, 0.2) is 5.65 Å². The Morgan fingerprint density at radius 1 is 1.33 bits per heavy atom. The SMILES string of the molecule is CCN(Cc1nc(NC)c2cnn(C)c2n1)C1CCCC1. The first kappa shape index (κ1) is 14.3. The minimum absolute atomic E-state index is 0.693. The Morgan fingerprint density at radius 2 is 2.10 bits per heavy atom. The van der Waals surface area contributed by atoms with E-state index in [2.05, 4.69) is 27.2 Å². The summed E-state index contributed by atoms with van der Waals surface area (Å²) in [6.07, 6.45) is 7.13. The summed E-state index contributed by atoms with van der Waals surface area (Å²) < 4.78 is 1.81. The number of anilines is 1. The first-order chi connectivity index (χ1) is 10.2. The van der Waals surface area contributed by atoms with Gasteiger partial charge < -0.3 is 5.32 Å². The molecule has 1 saturated carbocycles. The smallest absolute Gasteiger partial charge is 0.163 e. The minimum Gasteiger partial charge on any atom is -0.372 e. The van der Waals surface area contributed by atoms with Crippen molar-refractivity contribution >= 4 is 16.9 Å². The van der Waals surface area contributed by atoms with Crippen molar-refractivity contribution in [3.05, 3.63) is 12.0 Å². The van der Waals surface area contributed by atoms with E-state index in [1.54, 1.807) is 0 Å². The molecule has 2 aromatic rings. The molecule has 1 aliphatic carbocycles. The number of rotatable bonds is 5. The van der Waals surface area contributed by atoms with Crippen LogP contribution in [0.5, 0.6) is 0 Å². The maximum atomic E-state index is 4.71. The lowest BCUT2D eigenvalue weighted by atomic mass is 10.2. The summed E-state index contributed by atoms with van der Waals surface area (Å²) in [5.41, 5.74) is 0.895. The zero-order chi connectivity index (χ0) is 14.8. The van der Waals surface area contributed by atoms with Gasteiger partial charge in [0.1, 0.15) is 11.6 Å². The second kappa shape index (κ2) is 5.97. The lowest BCUT2D eigenvalue weighted by Gasteiger charge is -2.26. The van der Waals surface area contributed by atoms with E-state index in [0.717, 1.165) is 35.8 Å². The molecule has 6 heteroatoms. The van der Waals surface area contributed by atoms with Crippen LogP contribution in [0.1, 0.15) is 38.4 Å². The van der Waals surface area contributed by atoms with E-state index in [4.69, 9.17) is 4.98 Å². The van der Waals surface area contributed by atoms with Crippen molar-refractivity contribution in [2.75, 3.05) is 18.9 Å². The molecule has 0 aliphatic heterocycles. The Labute approximate surface area is 125 Å². The van der Waals surface area contributed by atoms with Gasteiger partial charge in [-0.3, -0.25) is 9.58 Å². The predicted octanol–water partition coefficient (Wildman–Crippen LogP) is 2.17. The lowest BCUT2D eigenvalue weighted by molar-refractivity contribution is 0.195. The van der Waals surface area contributed by atoms with Crippen LogP contribution in [0.2, 0.25) is 0 Å². The van der Waals surface area contributed by atoms with Crippen molar-refractivity contribution in [1.82, 2.24) is 24.6 Å². The highest BCUT2D eigenvalue weighted by atomic mass is 15.3. The predicted molar refractivity (Wildman–Crippen MR) is 84.2 cm³/mol. The fraction of sp³-hybridized carbons (Fsp3) is 0.667. The first-order valence-corrected chi connectivity index (χ1v) is 7.83. The summed E-state index contributed by atoms with van der Waals surface area (Å²) in [5.74, 6) is 1.75. The van der Waals surface area contributed by atoms with Gasteiger partial charge in [0, 0.05) is 20.1 Å². The first-order valence-electron chi connectivity index (χ1n) is 7.83. The van der Waals surface area contributed by atoms with E-state index < -0.39 is 0 Å². The summed E-state index contributed by atoms with van der Waals surface area (Å²) in [6, 6.07) is 0.693. The summed E-state index contributed by atoms with van der Waals surface area (Å²) in [6.45, 7) is 4.09. The van der Waals surface area contributed by atoms with E-state index in [0.29, 0.717) is 6.04 Å². The van der Waals surface area contributed by atoms with E-state index in [9.17, 15) is 0 Å². The fourth-order valence-corrected chi connectivity index (χ4v) is 3.28. The average molecular weight is 288 g/mol. The summed E-state index contributed by atoms with van der Waals surface area (Å²) in [7, 11) is 3.82. The minimum atomic E-state index is 0.693. The molecular weight excluding hydrogens is 264 g/mol. The highest BCUT2D eigenvalue weighted by Crippen LogP contribution is 2.25. The number of hydrogen-bond donors (Lipinski definition) is 1. The van der Waals surface area contributed by atoms with Crippen LogP contribution in [0, 0.1) is 0 Å². The van der Waals surface area contributed by atoms with E-state index in [1.807, 2.05) is 25.0 Å². The summed E-state index contributed by atoms with van der Waals surface area (Å²) >= 11 is 0. The molecule has 0 bridgehead atoms. The molecule has 2 aromatic heterocycles. The maximum Gasteiger partial charge on any atom is 0.163 e. The second-order valence-corrected chi connectivity index (χ2v) is 5.75. The molecule has 0 aromatic carbocycles. The van der Waals surface area contributed by atoms with E-state index in [1.165, 1.54) is 25.7 Å². The van der Waals surface area contributed by atoms with Gasteiger partial charge in [-0.15, -0.1) is 0 Å². The van der Waals surface area contributed by atoms with E-state index >= 15 is 0 Å². The van der Waals surface area contributed by atoms with Crippen LogP contribution < -0.4 is 5.32 Å². The van der Waals surface area contributed by atoms with Crippen molar-refractivity contribution in [3.63, 3.8) is 0 Å². The third kappa shape index (κ3) is 2.72. The van der Waals surface area contributed by atoms with Gasteiger partial charge in [0.2, 0.25) is 0 Å². The normalized spacial score (nSPS) is 16.2. The van der Waals surface area contributed by atoms with Gasteiger partial charge in [-0.25, -0.2) is 9.97 Å². The molecule has 3 rings (SSSR count). The molecular formula is C15H24N6. The quantitative estimate of drug-likeness (QED) is 0.913. The van der Waals surface area contributed by atoms with Crippen molar-refractivity contribution in [3.8, 4) is 0 Å². The van der Waals surface area contributed by atoms with Crippen molar-refractivity contribution < 1.29 is 0 Å². The third-order valence-corrected chi connectivity index (χ3v) is 4.47. The number of aryl methyl sites for hydroxylation is 1. The van der Waals surface area contributed by atoms with Crippen molar-refractivity contribution in [1.29, 1.82) is 0 Å². The highest BCUT2D eigenvalue weighted by molar-refractivity contribution is 5.86. The van der Waals surface area contributed by atoms with Crippen LogP contribution in [-0.4, -0.2) is 44.3 Å². The molecule has 0 unspecified atom stereocenters. The highest BCUT2D eigenvalue weighted by Gasteiger charge is 2.22. The lowest BCUT2D eigenvalue weighted by Crippen LogP contribution is -2.33. The van der Waals surface area contributed by atoms with Crippen molar-refractivity contribution in [2.45, 2.75) is 45.2 Å². The molecule has 1 N–H and O–H groups in total. The standard InChI is InChI=1S/C15H24N6/c1-4-21(11-7-5-6-8-11)10-13-18-14(16-2)12-9-17-20(3)15(12)19-13/h9,11H,4-8,10H2,1-3H3,(H,16,18,19). The molecule has 21 heavy (non-hydrogen) atoms.